The summed E-state index contributed by atoms with van der Waals surface area (Å²) in [5, 5.41) is 4.11. The zero-order valence-electron chi connectivity index (χ0n) is 14.0. The van der Waals surface area contributed by atoms with Crippen LogP contribution < -0.4 is 0 Å². The molecule has 1 aliphatic heterocycles. The predicted molar refractivity (Wildman–Crippen MR) is 87.9 cm³/mol. The molecular weight excluding hydrogens is 307 g/mol. The molecule has 2 aliphatic rings. The summed E-state index contributed by atoms with van der Waals surface area (Å²) >= 11 is 0. The van der Waals surface area contributed by atoms with Crippen LogP contribution in [0.4, 0.5) is 4.39 Å². The first-order valence-electron chi connectivity index (χ1n) is 8.73. The van der Waals surface area contributed by atoms with Crippen molar-refractivity contribution in [3.8, 4) is 0 Å². The Hall–Kier alpha value is -1.79. The standard InChI is InChI=1S/C18H23FN4O/c1-13(18-20-17(21-24-18)15-5-6-15)23-9-7-22(8-10-23)12-14-3-2-4-16(19)11-14/h2-4,11,13,15H,5-10,12H2,1H3/t13-/m0/s1. The van der Waals surface area contributed by atoms with Gasteiger partial charge >= 0.3 is 0 Å². The summed E-state index contributed by atoms with van der Waals surface area (Å²) in [7, 11) is 0. The lowest BCUT2D eigenvalue weighted by Crippen LogP contribution is -2.46. The SMILES string of the molecule is C[C@@H](c1nc(C2CC2)no1)N1CCN(Cc2cccc(F)c2)CC1. The van der Waals surface area contributed by atoms with Crippen LogP contribution in [0.15, 0.2) is 28.8 Å². The number of aromatic nitrogens is 2. The van der Waals surface area contributed by atoms with Crippen LogP contribution in [0.25, 0.3) is 0 Å². The maximum absolute atomic E-state index is 13.3. The summed E-state index contributed by atoms with van der Waals surface area (Å²) in [6, 6.07) is 7.02. The van der Waals surface area contributed by atoms with Crippen molar-refractivity contribution in [1.29, 1.82) is 0 Å². The van der Waals surface area contributed by atoms with E-state index in [1.165, 1.54) is 18.9 Å². The minimum atomic E-state index is -0.164. The third kappa shape index (κ3) is 3.49. The summed E-state index contributed by atoms with van der Waals surface area (Å²) in [5.74, 6) is 1.97. The molecule has 5 nitrogen and oxygen atoms in total. The van der Waals surface area contributed by atoms with Gasteiger partial charge in [-0.05, 0) is 37.5 Å². The molecule has 24 heavy (non-hydrogen) atoms. The van der Waals surface area contributed by atoms with Crippen molar-refractivity contribution in [2.24, 2.45) is 0 Å². The van der Waals surface area contributed by atoms with Gasteiger partial charge in [-0.2, -0.15) is 4.98 Å². The van der Waals surface area contributed by atoms with Gasteiger partial charge < -0.3 is 4.52 Å². The number of benzene rings is 1. The second-order valence-corrected chi connectivity index (χ2v) is 6.88. The van der Waals surface area contributed by atoms with E-state index < -0.39 is 0 Å². The molecule has 0 radical (unpaired) electrons. The van der Waals surface area contributed by atoms with E-state index >= 15 is 0 Å². The van der Waals surface area contributed by atoms with Crippen molar-refractivity contribution in [3.05, 3.63) is 47.4 Å². The number of rotatable bonds is 5. The molecule has 0 N–H and O–H groups in total. The third-order valence-corrected chi connectivity index (χ3v) is 5.01. The van der Waals surface area contributed by atoms with Crippen molar-refractivity contribution in [2.75, 3.05) is 26.2 Å². The Morgan fingerprint density at radius 2 is 2.04 bits per heavy atom. The molecule has 1 atom stereocenters. The number of halogens is 1. The van der Waals surface area contributed by atoms with E-state index in [0.29, 0.717) is 5.92 Å². The average Bonchev–Trinajstić information content (AvgIpc) is 3.32. The van der Waals surface area contributed by atoms with Crippen LogP contribution in [0.1, 0.15) is 49.0 Å². The first-order chi connectivity index (χ1) is 11.7. The number of hydrogen-bond acceptors (Lipinski definition) is 5. The maximum Gasteiger partial charge on any atom is 0.243 e. The van der Waals surface area contributed by atoms with Crippen LogP contribution in [-0.2, 0) is 6.54 Å². The fraction of sp³-hybridized carbons (Fsp3) is 0.556. The van der Waals surface area contributed by atoms with E-state index in [9.17, 15) is 4.39 Å². The van der Waals surface area contributed by atoms with Crippen molar-refractivity contribution >= 4 is 0 Å². The normalized spacial score (nSPS) is 21.1. The van der Waals surface area contributed by atoms with E-state index in [0.717, 1.165) is 50.0 Å². The third-order valence-electron chi connectivity index (χ3n) is 5.01. The second kappa shape index (κ2) is 6.61. The Kier molecular flexibility index (Phi) is 4.33. The Balaban J connectivity index is 1.31. The van der Waals surface area contributed by atoms with E-state index in [1.807, 2.05) is 6.07 Å². The molecule has 0 unspecified atom stereocenters. The van der Waals surface area contributed by atoms with Crippen molar-refractivity contribution in [2.45, 2.75) is 38.3 Å². The topological polar surface area (TPSA) is 45.4 Å². The van der Waals surface area contributed by atoms with Gasteiger partial charge in [0.15, 0.2) is 5.82 Å². The summed E-state index contributed by atoms with van der Waals surface area (Å²) < 4.78 is 18.7. The van der Waals surface area contributed by atoms with Crippen LogP contribution >= 0.6 is 0 Å². The molecule has 1 saturated carbocycles. The molecule has 1 aliphatic carbocycles. The van der Waals surface area contributed by atoms with E-state index in [1.54, 1.807) is 12.1 Å². The summed E-state index contributed by atoms with van der Waals surface area (Å²) in [6.45, 7) is 6.77. The highest BCUT2D eigenvalue weighted by Gasteiger charge is 2.31. The summed E-state index contributed by atoms with van der Waals surface area (Å²) in [5.41, 5.74) is 1.03. The number of piperazine rings is 1. The molecule has 128 valence electrons. The maximum atomic E-state index is 13.3. The smallest absolute Gasteiger partial charge is 0.243 e. The Labute approximate surface area is 141 Å². The fourth-order valence-corrected chi connectivity index (χ4v) is 3.28. The summed E-state index contributed by atoms with van der Waals surface area (Å²) in [4.78, 5) is 9.31. The quantitative estimate of drug-likeness (QED) is 0.843. The molecule has 4 rings (SSSR count). The van der Waals surface area contributed by atoms with Gasteiger partial charge in [0, 0.05) is 38.6 Å². The predicted octanol–water partition coefficient (Wildman–Crippen LogP) is 2.96. The minimum Gasteiger partial charge on any atom is -0.338 e. The lowest BCUT2D eigenvalue weighted by atomic mass is 10.1. The molecule has 2 aromatic rings. The zero-order chi connectivity index (χ0) is 16.5. The lowest BCUT2D eigenvalue weighted by Gasteiger charge is -2.36. The van der Waals surface area contributed by atoms with Gasteiger partial charge in [-0.1, -0.05) is 17.3 Å². The highest BCUT2D eigenvalue weighted by Crippen LogP contribution is 2.38. The molecular formula is C18H23FN4O. The lowest BCUT2D eigenvalue weighted by molar-refractivity contribution is 0.0845. The van der Waals surface area contributed by atoms with Gasteiger partial charge in [-0.25, -0.2) is 4.39 Å². The molecule has 0 spiro atoms. The van der Waals surface area contributed by atoms with Gasteiger partial charge in [-0.15, -0.1) is 0 Å². The molecule has 1 saturated heterocycles. The highest BCUT2D eigenvalue weighted by molar-refractivity contribution is 5.16. The largest absolute Gasteiger partial charge is 0.338 e. The second-order valence-electron chi connectivity index (χ2n) is 6.88. The highest BCUT2D eigenvalue weighted by atomic mass is 19.1. The molecule has 1 aromatic carbocycles. The van der Waals surface area contributed by atoms with E-state index in [2.05, 4.69) is 26.9 Å². The van der Waals surface area contributed by atoms with Crippen LogP contribution in [0.3, 0.4) is 0 Å². The van der Waals surface area contributed by atoms with E-state index in [-0.39, 0.29) is 11.9 Å². The van der Waals surface area contributed by atoms with Gasteiger partial charge in [0.25, 0.3) is 0 Å². The van der Waals surface area contributed by atoms with Crippen LogP contribution in [0.5, 0.6) is 0 Å². The van der Waals surface area contributed by atoms with Gasteiger partial charge in [-0.3, -0.25) is 9.80 Å². The van der Waals surface area contributed by atoms with Crippen molar-refractivity contribution in [1.82, 2.24) is 19.9 Å². The van der Waals surface area contributed by atoms with Gasteiger partial charge in [0.1, 0.15) is 5.82 Å². The first kappa shape index (κ1) is 15.7. The van der Waals surface area contributed by atoms with Crippen molar-refractivity contribution < 1.29 is 8.91 Å². The van der Waals surface area contributed by atoms with Gasteiger partial charge in [0.2, 0.25) is 5.89 Å². The number of hydrogen-bond donors (Lipinski definition) is 0. The van der Waals surface area contributed by atoms with Crippen LogP contribution in [0, 0.1) is 5.82 Å². The Bertz CT molecular complexity index is 692. The Morgan fingerprint density at radius 1 is 1.25 bits per heavy atom. The Morgan fingerprint density at radius 3 is 2.75 bits per heavy atom. The number of nitrogens with zero attached hydrogens (tertiary/aromatic N) is 4. The molecule has 0 amide bonds. The van der Waals surface area contributed by atoms with Crippen molar-refractivity contribution in [3.63, 3.8) is 0 Å². The first-order valence-corrected chi connectivity index (χ1v) is 8.73. The molecule has 6 heteroatoms. The zero-order valence-corrected chi connectivity index (χ0v) is 14.0. The molecule has 0 bridgehead atoms. The van der Waals surface area contributed by atoms with Gasteiger partial charge in [0.05, 0.1) is 6.04 Å². The fourth-order valence-electron chi connectivity index (χ4n) is 3.28. The summed E-state index contributed by atoms with van der Waals surface area (Å²) in [6.07, 6.45) is 2.37. The monoisotopic (exact) mass is 330 g/mol. The van der Waals surface area contributed by atoms with E-state index in [4.69, 9.17) is 4.52 Å². The van der Waals surface area contributed by atoms with Crippen LogP contribution in [0.2, 0.25) is 0 Å². The van der Waals surface area contributed by atoms with Crippen LogP contribution in [-0.4, -0.2) is 46.1 Å². The average molecular weight is 330 g/mol. The molecule has 2 heterocycles. The minimum absolute atomic E-state index is 0.154. The molecule has 1 aromatic heterocycles. The molecule has 2 fully saturated rings.